The minimum Gasteiger partial charge on any atom is -0.350 e. The van der Waals surface area contributed by atoms with E-state index in [1.807, 2.05) is 6.92 Å². The van der Waals surface area contributed by atoms with Crippen molar-refractivity contribution in [3.63, 3.8) is 0 Å². The first-order valence-electron chi connectivity index (χ1n) is 8.98. The highest BCUT2D eigenvalue weighted by Gasteiger charge is 2.28. The van der Waals surface area contributed by atoms with Gasteiger partial charge in [-0.15, -0.1) is 0 Å². The van der Waals surface area contributed by atoms with E-state index in [2.05, 4.69) is 31.4 Å². The van der Waals surface area contributed by atoms with Crippen molar-refractivity contribution in [3.05, 3.63) is 57.3 Å². The number of nitrogens with one attached hydrogen (secondary N) is 1. The van der Waals surface area contributed by atoms with E-state index < -0.39 is 0 Å². The van der Waals surface area contributed by atoms with E-state index in [4.69, 9.17) is 14.6 Å². The molecule has 0 aliphatic carbocycles. The van der Waals surface area contributed by atoms with E-state index >= 15 is 0 Å². The SMILES string of the molecule is Cc1ncnc2c1C(NOC1CCCCO1)=N[C@@H](c1ccc(F)cc1Br)C2. The van der Waals surface area contributed by atoms with Gasteiger partial charge in [0.25, 0.3) is 0 Å². The van der Waals surface area contributed by atoms with Crippen LogP contribution in [0.25, 0.3) is 0 Å². The lowest BCUT2D eigenvalue weighted by molar-refractivity contribution is -0.182. The number of hydroxylamine groups is 1. The number of halogens is 2. The van der Waals surface area contributed by atoms with Crippen LogP contribution in [0.15, 0.2) is 34.0 Å². The topological polar surface area (TPSA) is 68.6 Å². The molecule has 4 rings (SSSR count). The highest BCUT2D eigenvalue weighted by molar-refractivity contribution is 9.10. The minimum atomic E-state index is -0.298. The van der Waals surface area contributed by atoms with Crippen LogP contribution in [-0.4, -0.2) is 28.7 Å². The van der Waals surface area contributed by atoms with Gasteiger partial charge in [0.2, 0.25) is 0 Å². The third-order valence-corrected chi connectivity index (χ3v) is 5.46. The molecule has 2 aliphatic heterocycles. The second kappa shape index (κ2) is 8.00. The number of hydrogen-bond donors (Lipinski definition) is 1. The molecular weight excluding hydrogens is 415 g/mol. The Morgan fingerprint density at radius 2 is 2.19 bits per heavy atom. The number of aromatic nitrogens is 2. The Kier molecular flexibility index (Phi) is 5.47. The summed E-state index contributed by atoms with van der Waals surface area (Å²) in [6, 6.07) is 4.43. The number of aliphatic imine (C=N–C) groups is 1. The van der Waals surface area contributed by atoms with Gasteiger partial charge >= 0.3 is 0 Å². The van der Waals surface area contributed by atoms with Crippen LogP contribution >= 0.6 is 15.9 Å². The van der Waals surface area contributed by atoms with Gasteiger partial charge in [-0.3, -0.25) is 4.99 Å². The molecule has 2 aliphatic rings. The minimum absolute atomic E-state index is 0.208. The Morgan fingerprint density at radius 1 is 1.30 bits per heavy atom. The predicted molar refractivity (Wildman–Crippen MR) is 102 cm³/mol. The molecule has 0 radical (unpaired) electrons. The molecule has 2 aromatic rings. The summed E-state index contributed by atoms with van der Waals surface area (Å²) in [6.45, 7) is 2.62. The first-order valence-corrected chi connectivity index (χ1v) is 9.78. The first kappa shape index (κ1) is 18.5. The van der Waals surface area contributed by atoms with E-state index in [0.717, 1.165) is 41.8 Å². The molecule has 0 spiro atoms. The lowest BCUT2D eigenvalue weighted by atomic mass is 9.95. The summed E-state index contributed by atoms with van der Waals surface area (Å²) in [4.78, 5) is 19.3. The second-order valence-electron chi connectivity index (χ2n) is 6.66. The van der Waals surface area contributed by atoms with E-state index in [9.17, 15) is 4.39 Å². The second-order valence-corrected chi connectivity index (χ2v) is 7.51. The average Bonchev–Trinajstić information content (AvgIpc) is 2.67. The molecule has 3 heterocycles. The van der Waals surface area contributed by atoms with Crippen molar-refractivity contribution in [2.75, 3.05) is 6.61 Å². The van der Waals surface area contributed by atoms with Crippen molar-refractivity contribution >= 4 is 21.8 Å². The molecule has 0 saturated carbocycles. The maximum atomic E-state index is 13.5. The molecular formula is C19H20BrFN4O2. The fourth-order valence-electron chi connectivity index (χ4n) is 3.39. The number of amidine groups is 1. The summed E-state index contributed by atoms with van der Waals surface area (Å²) < 4.78 is 19.8. The van der Waals surface area contributed by atoms with Gasteiger partial charge in [0, 0.05) is 23.9 Å². The van der Waals surface area contributed by atoms with E-state index in [1.165, 1.54) is 12.1 Å². The molecule has 0 bridgehead atoms. The zero-order valence-corrected chi connectivity index (χ0v) is 16.5. The maximum absolute atomic E-state index is 13.5. The summed E-state index contributed by atoms with van der Waals surface area (Å²) in [6.07, 6.45) is 4.82. The lowest BCUT2D eigenvalue weighted by Gasteiger charge is -2.27. The zero-order chi connectivity index (χ0) is 18.8. The Morgan fingerprint density at radius 3 is 2.96 bits per heavy atom. The van der Waals surface area contributed by atoms with Crippen LogP contribution in [0.4, 0.5) is 4.39 Å². The van der Waals surface area contributed by atoms with Crippen LogP contribution in [-0.2, 0) is 16.0 Å². The Bertz CT molecular complexity index is 871. The van der Waals surface area contributed by atoms with Crippen molar-refractivity contribution in [1.82, 2.24) is 15.4 Å². The van der Waals surface area contributed by atoms with Crippen molar-refractivity contribution < 1.29 is 14.0 Å². The molecule has 6 nitrogen and oxygen atoms in total. The first-order chi connectivity index (χ1) is 13.1. The maximum Gasteiger partial charge on any atom is 0.183 e. The molecule has 0 amide bonds. The quantitative estimate of drug-likeness (QED) is 0.744. The van der Waals surface area contributed by atoms with E-state index in [1.54, 1.807) is 12.4 Å². The molecule has 142 valence electrons. The molecule has 1 unspecified atom stereocenters. The molecule has 2 atom stereocenters. The Labute approximate surface area is 165 Å². The molecule has 27 heavy (non-hydrogen) atoms. The van der Waals surface area contributed by atoms with Gasteiger partial charge in [-0.1, -0.05) is 22.0 Å². The van der Waals surface area contributed by atoms with Crippen LogP contribution in [0, 0.1) is 12.7 Å². The van der Waals surface area contributed by atoms with Gasteiger partial charge in [0.1, 0.15) is 12.1 Å². The summed E-state index contributed by atoms with van der Waals surface area (Å²) in [5.41, 5.74) is 6.43. The Balaban J connectivity index is 1.64. The monoisotopic (exact) mass is 434 g/mol. The number of ether oxygens (including phenoxy) is 1. The van der Waals surface area contributed by atoms with Gasteiger partial charge in [-0.2, -0.15) is 0 Å². The number of rotatable bonds is 3. The standard InChI is InChI=1S/C19H20BrFN4O2/c1-11-18-16(23-10-22-11)9-15(13-6-5-12(21)8-14(13)20)24-19(18)25-27-17-4-2-3-7-26-17/h5-6,8,10,15,17H,2-4,7,9H2,1H3,(H,24,25)/t15-,17?/m1/s1. The number of hydrogen-bond acceptors (Lipinski definition) is 6. The van der Waals surface area contributed by atoms with Crippen LogP contribution < -0.4 is 5.48 Å². The van der Waals surface area contributed by atoms with Crippen molar-refractivity contribution in [2.45, 2.75) is 44.9 Å². The van der Waals surface area contributed by atoms with Crippen molar-refractivity contribution in [1.29, 1.82) is 0 Å². The fraction of sp³-hybridized carbons (Fsp3) is 0.421. The van der Waals surface area contributed by atoms with E-state index in [-0.39, 0.29) is 18.1 Å². The number of aryl methyl sites for hydroxylation is 1. The van der Waals surface area contributed by atoms with Crippen LogP contribution in [0.2, 0.25) is 0 Å². The average molecular weight is 435 g/mol. The normalized spacial score (nSPS) is 22.1. The summed E-state index contributed by atoms with van der Waals surface area (Å²) >= 11 is 3.44. The van der Waals surface area contributed by atoms with Crippen molar-refractivity contribution in [2.24, 2.45) is 4.99 Å². The van der Waals surface area contributed by atoms with Crippen molar-refractivity contribution in [3.8, 4) is 0 Å². The molecule has 1 saturated heterocycles. The summed E-state index contributed by atoms with van der Waals surface area (Å²) in [7, 11) is 0. The van der Waals surface area contributed by atoms with E-state index in [0.29, 0.717) is 23.3 Å². The molecule has 1 aromatic carbocycles. The van der Waals surface area contributed by atoms with Gasteiger partial charge in [-0.05, 0) is 37.5 Å². The van der Waals surface area contributed by atoms with Crippen LogP contribution in [0.5, 0.6) is 0 Å². The fourth-order valence-corrected chi connectivity index (χ4v) is 4.00. The van der Waals surface area contributed by atoms with Gasteiger partial charge < -0.3 is 4.74 Å². The highest BCUT2D eigenvalue weighted by Crippen LogP contribution is 2.33. The molecule has 1 fully saturated rings. The lowest BCUT2D eigenvalue weighted by Crippen LogP contribution is -2.36. The summed E-state index contributed by atoms with van der Waals surface area (Å²) in [5.74, 6) is 0.282. The molecule has 1 aromatic heterocycles. The van der Waals surface area contributed by atoms with Crippen LogP contribution in [0.3, 0.4) is 0 Å². The largest absolute Gasteiger partial charge is 0.350 e. The molecule has 1 N–H and O–H groups in total. The van der Waals surface area contributed by atoms with Gasteiger partial charge in [0.05, 0.1) is 23.0 Å². The van der Waals surface area contributed by atoms with Gasteiger partial charge in [-0.25, -0.2) is 24.7 Å². The third kappa shape index (κ3) is 4.02. The number of benzene rings is 1. The molecule has 8 heteroatoms. The smallest absolute Gasteiger partial charge is 0.183 e. The van der Waals surface area contributed by atoms with Crippen LogP contribution in [0.1, 0.15) is 47.8 Å². The number of fused-ring (bicyclic) bond motifs is 1. The third-order valence-electron chi connectivity index (χ3n) is 4.77. The van der Waals surface area contributed by atoms with Gasteiger partial charge in [0.15, 0.2) is 12.1 Å². The Hall–Kier alpha value is -1.90. The number of nitrogens with zero attached hydrogens (tertiary/aromatic N) is 3. The summed E-state index contributed by atoms with van der Waals surface area (Å²) in [5, 5.41) is 0. The highest BCUT2D eigenvalue weighted by atomic mass is 79.9. The predicted octanol–water partition coefficient (Wildman–Crippen LogP) is 3.78. The zero-order valence-electron chi connectivity index (χ0n) is 14.9.